The number of carbonyl (C=O) groups excluding carboxylic acids is 2. The first-order valence-corrected chi connectivity index (χ1v) is 13.7. The van der Waals surface area contributed by atoms with Gasteiger partial charge in [-0.2, -0.15) is 0 Å². The van der Waals surface area contributed by atoms with E-state index in [1.165, 1.54) is 0 Å². The average molecular weight is 557 g/mol. The van der Waals surface area contributed by atoms with E-state index in [1.54, 1.807) is 47.3 Å². The van der Waals surface area contributed by atoms with Gasteiger partial charge in [-0.25, -0.2) is 9.78 Å². The lowest BCUT2D eigenvalue weighted by Crippen LogP contribution is -2.48. The molecule has 0 bridgehead atoms. The lowest BCUT2D eigenvalue weighted by molar-refractivity contribution is -0.176. The molecular formula is C28H52N4O7. The zero-order valence-corrected chi connectivity index (χ0v) is 25.5. The van der Waals surface area contributed by atoms with Crippen molar-refractivity contribution in [2.45, 2.75) is 104 Å². The highest BCUT2D eigenvalue weighted by molar-refractivity contribution is 5.83. The van der Waals surface area contributed by atoms with Gasteiger partial charge in [-0.1, -0.05) is 0 Å². The SMILES string of the molecule is COC(C)(C)CCOC(C)(N)CCOC(C)(C)C(=O)OCC(C)(COC(C)C)C(=O)NCCCn1ccnc1. The van der Waals surface area contributed by atoms with Crippen molar-refractivity contribution < 1.29 is 33.3 Å². The fraction of sp³-hybridized carbons (Fsp3) is 0.821. The number of aromatic nitrogens is 2. The Labute approximate surface area is 234 Å². The van der Waals surface area contributed by atoms with Crippen molar-refractivity contribution in [3.8, 4) is 0 Å². The van der Waals surface area contributed by atoms with Crippen LogP contribution < -0.4 is 11.1 Å². The molecule has 1 amide bonds. The molecule has 0 aromatic carbocycles. The third-order valence-corrected chi connectivity index (χ3v) is 6.48. The average Bonchev–Trinajstić information content (AvgIpc) is 3.36. The number of hydrogen-bond acceptors (Lipinski definition) is 9. The molecule has 0 aliphatic heterocycles. The first-order valence-electron chi connectivity index (χ1n) is 13.7. The van der Waals surface area contributed by atoms with Crippen LogP contribution in [0.3, 0.4) is 0 Å². The molecule has 1 rings (SSSR count). The van der Waals surface area contributed by atoms with Gasteiger partial charge in [0.2, 0.25) is 5.91 Å². The summed E-state index contributed by atoms with van der Waals surface area (Å²) in [4.78, 5) is 30.0. The molecule has 1 heterocycles. The Morgan fingerprint density at radius 3 is 2.28 bits per heavy atom. The Hall–Kier alpha value is -2.05. The number of imidazole rings is 1. The Bertz CT molecular complexity index is 856. The minimum atomic E-state index is -1.24. The van der Waals surface area contributed by atoms with E-state index in [2.05, 4.69) is 10.3 Å². The van der Waals surface area contributed by atoms with Crippen LogP contribution in [-0.2, 0) is 39.8 Å². The van der Waals surface area contributed by atoms with Gasteiger partial charge in [0.05, 0.1) is 37.9 Å². The summed E-state index contributed by atoms with van der Waals surface area (Å²) in [7, 11) is 1.66. The minimum absolute atomic E-state index is 0.0813. The molecule has 0 spiro atoms. The maximum absolute atomic E-state index is 13.1. The van der Waals surface area contributed by atoms with E-state index in [-0.39, 0.29) is 37.4 Å². The Balaban J connectivity index is 2.58. The van der Waals surface area contributed by atoms with E-state index in [0.717, 1.165) is 13.0 Å². The number of carbonyl (C=O) groups is 2. The van der Waals surface area contributed by atoms with E-state index >= 15 is 0 Å². The highest BCUT2D eigenvalue weighted by atomic mass is 16.6. The molecule has 2 unspecified atom stereocenters. The summed E-state index contributed by atoms with van der Waals surface area (Å²) in [6.45, 7) is 16.3. The van der Waals surface area contributed by atoms with Crippen molar-refractivity contribution in [3.05, 3.63) is 18.7 Å². The van der Waals surface area contributed by atoms with Crippen LogP contribution in [-0.4, -0.2) is 84.5 Å². The van der Waals surface area contributed by atoms with Crippen molar-refractivity contribution in [2.75, 3.05) is 40.1 Å². The molecular weight excluding hydrogens is 504 g/mol. The third kappa shape index (κ3) is 13.7. The van der Waals surface area contributed by atoms with E-state index in [9.17, 15) is 9.59 Å². The minimum Gasteiger partial charge on any atom is -0.462 e. The van der Waals surface area contributed by atoms with Crippen LogP contribution in [0.5, 0.6) is 0 Å². The molecule has 1 aromatic rings. The van der Waals surface area contributed by atoms with E-state index in [1.807, 2.05) is 38.5 Å². The summed E-state index contributed by atoms with van der Waals surface area (Å²) in [5.74, 6) is -0.819. The predicted octanol–water partition coefficient (Wildman–Crippen LogP) is 3.06. The van der Waals surface area contributed by atoms with Crippen LogP contribution >= 0.6 is 0 Å². The molecule has 0 aliphatic carbocycles. The van der Waals surface area contributed by atoms with Crippen LogP contribution in [0.2, 0.25) is 0 Å². The fourth-order valence-corrected chi connectivity index (χ4v) is 3.29. The van der Waals surface area contributed by atoms with Gasteiger partial charge >= 0.3 is 5.97 Å². The van der Waals surface area contributed by atoms with Crippen molar-refractivity contribution in [1.82, 2.24) is 14.9 Å². The van der Waals surface area contributed by atoms with Crippen LogP contribution in [0.25, 0.3) is 0 Å². The first-order chi connectivity index (χ1) is 18.0. The molecule has 2 atom stereocenters. The Kier molecular flexibility index (Phi) is 14.0. The van der Waals surface area contributed by atoms with Crippen LogP contribution in [0.4, 0.5) is 0 Å². The zero-order valence-electron chi connectivity index (χ0n) is 25.5. The molecule has 39 heavy (non-hydrogen) atoms. The smallest absolute Gasteiger partial charge is 0.337 e. The number of ether oxygens (including phenoxy) is 5. The maximum Gasteiger partial charge on any atom is 0.337 e. The predicted molar refractivity (Wildman–Crippen MR) is 149 cm³/mol. The van der Waals surface area contributed by atoms with Crippen molar-refractivity contribution in [1.29, 1.82) is 0 Å². The number of rotatable bonds is 20. The van der Waals surface area contributed by atoms with E-state index in [0.29, 0.717) is 26.0 Å². The summed E-state index contributed by atoms with van der Waals surface area (Å²) < 4.78 is 30.3. The Morgan fingerprint density at radius 1 is 1.03 bits per heavy atom. The second kappa shape index (κ2) is 15.7. The zero-order chi connectivity index (χ0) is 29.7. The number of nitrogens with one attached hydrogen (secondary N) is 1. The third-order valence-electron chi connectivity index (χ3n) is 6.48. The van der Waals surface area contributed by atoms with Gasteiger partial charge in [0.15, 0.2) is 5.60 Å². The monoisotopic (exact) mass is 556 g/mol. The molecule has 11 heteroatoms. The lowest BCUT2D eigenvalue weighted by Gasteiger charge is -2.32. The van der Waals surface area contributed by atoms with Gasteiger partial charge in [-0.05, 0) is 68.2 Å². The number of nitrogens with two attached hydrogens (primary N) is 1. The lowest BCUT2D eigenvalue weighted by atomic mass is 9.91. The summed E-state index contributed by atoms with van der Waals surface area (Å²) in [6, 6.07) is 0. The molecule has 226 valence electrons. The first kappa shape index (κ1) is 35.0. The molecule has 0 saturated heterocycles. The largest absolute Gasteiger partial charge is 0.462 e. The summed E-state index contributed by atoms with van der Waals surface area (Å²) in [5.41, 5.74) is 2.72. The standard InChI is InChI=1S/C28H52N4O7/c1-22(2)36-19-27(7,23(33)31-13-10-15-32-16-14-30-21-32)20-37-24(34)26(5,6)38-18-12-28(8,29)39-17-11-25(3,4)35-9/h14,16,21-22H,10-13,15,17-20,29H2,1-9H3,(H,31,33). The molecule has 11 nitrogen and oxygen atoms in total. The molecule has 0 saturated carbocycles. The molecule has 1 aromatic heterocycles. The van der Waals surface area contributed by atoms with Gasteiger partial charge in [0, 0.05) is 39.0 Å². The molecule has 0 aliphatic rings. The number of esters is 1. The van der Waals surface area contributed by atoms with E-state index in [4.69, 9.17) is 29.4 Å². The maximum atomic E-state index is 13.1. The molecule has 0 fully saturated rings. The quantitative estimate of drug-likeness (QED) is 0.141. The van der Waals surface area contributed by atoms with Crippen molar-refractivity contribution in [2.24, 2.45) is 11.1 Å². The van der Waals surface area contributed by atoms with Gasteiger partial charge in [-0.15, -0.1) is 0 Å². The second-order valence-electron chi connectivity index (χ2n) is 11.9. The topological polar surface area (TPSA) is 136 Å². The van der Waals surface area contributed by atoms with Gasteiger partial charge in [-0.3, -0.25) is 4.79 Å². The van der Waals surface area contributed by atoms with Crippen LogP contribution in [0, 0.1) is 5.41 Å². The normalized spacial score (nSPS) is 15.6. The van der Waals surface area contributed by atoms with Gasteiger partial charge < -0.3 is 39.3 Å². The summed E-state index contributed by atoms with van der Waals surface area (Å²) in [6.07, 6.45) is 7.03. The second-order valence-corrected chi connectivity index (χ2v) is 11.9. The Morgan fingerprint density at radius 2 is 1.69 bits per heavy atom. The van der Waals surface area contributed by atoms with Crippen molar-refractivity contribution in [3.63, 3.8) is 0 Å². The van der Waals surface area contributed by atoms with Gasteiger partial charge in [0.1, 0.15) is 17.7 Å². The number of methoxy groups -OCH3 is 1. The summed E-state index contributed by atoms with van der Waals surface area (Å²) >= 11 is 0. The number of aryl methyl sites for hydroxylation is 1. The number of nitrogens with zero attached hydrogens (tertiary/aromatic N) is 2. The molecule has 3 N–H and O–H groups in total. The highest BCUT2D eigenvalue weighted by Crippen LogP contribution is 2.22. The van der Waals surface area contributed by atoms with E-state index < -0.39 is 22.7 Å². The van der Waals surface area contributed by atoms with Crippen molar-refractivity contribution >= 4 is 11.9 Å². The van der Waals surface area contributed by atoms with Crippen LogP contribution in [0.1, 0.15) is 74.7 Å². The highest BCUT2D eigenvalue weighted by Gasteiger charge is 2.39. The van der Waals surface area contributed by atoms with Gasteiger partial charge in [0.25, 0.3) is 0 Å². The van der Waals surface area contributed by atoms with Crippen LogP contribution in [0.15, 0.2) is 18.7 Å². The number of hydrogen-bond donors (Lipinski definition) is 2. The number of amides is 1. The molecule has 0 radical (unpaired) electrons. The summed E-state index contributed by atoms with van der Waals surface area (Å²) in [5, 5.41) is 2.94. The fourth-order valence-electron chi connectivity index (χ4n) is 3.29.